The number of phenolic OH excluding ortho intramolecular Hbond substituents is 1. The standard InChI is InChI=1S/C10H11BrFNO2/c1-15-6-4-5(12)7(8(11)9(6)14)10(13)2-3-10/h4,14H,2-3,13H2,1H3. The molecule has 0 spiro atoms. The molecule has 0 amide bonds. The molecule has 15 heavy (non-hydrogen) atoms. The minimum Gasteiger partial charge on any atom is -0.503 e. The second-order valence-corrected chi connectivity index (χ2v) is 4.55. The molecule has 1 aliphatic rings. The van der Waals surface area contributed by atoms with Gasteiger partial charge in [-0.2, -0.15) is 0 Å². The van der Waals surface area contributed by atoms with Gasteiger partial charge in [0.25, 0.3) is 0 Å². The Morgan fingerprint density at radius 3 is 2.67 bits per heavy atom. The van der Waals surface area contributed by atoms with Gasteiger partial charge in [0.15, 0.2) is 11.5 Å². The zero-order valence-electron chi connectivity index (χ0n) is 8.18. The van der Waals surface area contributed by atoms with Crippen molar-refractivity contribution in [1.29, 1.82) is 0 Å². The zero-order valence-corrected chi connectivity index (χ0v) is 9.77. The third-order valence-corrected chi connectivity index (χ3v) is 3.44. The van der Waals surface area contributed by atoms with Crippen LogP contribution < -0.4 is 10.5 Å². The summed E-state index contributed by atoms with van der Waals surface area (Å²) in [6, 6.07) is 1.16. The average Bonchev–Trinajstić information content (AvgIpc) is 2.91. The Morgan fingerprint density at radius 2 is 2.20 bits per heavy atom. The van der Waals surface area contributed by atoms with E-state index in [9.17, 15) is 9.50 Å². The SMILES string of the molecule is COc1cc(F)c(C2(N)CC2)c(Br)c1O. The maximum atomic E-state index is 13.7. The van der Waals surface area contributed by atoms with Crippen LogP contribution in [0.25, 0.3) is 0 Å². The molecule has 0 aromatic heterocycles. The Kier molecular flexibility index (Phi) is 2.39. The molecule has 0 saturated heterocycles. The van der Waals surface area contributed by atoms with Gasteiger partial charge < -0.3 is 15.6 Å². The molecule has 82 valence electrons. The fourth-order valence-electron chi connectivity index (χ4n) is 1.58. The van der Waals surface area contributed by atoms with Crippen LogP contribution in [0.5, 0.6) is 11.5 Å². The molecule has 1 aromatic carbocycles. The van der Waals surface area contributed by atoms with E-state index < -0.39 is 11.4 Å². The molecule has 3 N–H and O–H groups in total. The van der Waals surface area contributed by atoms with Crippen molar-refractivity contribution in [2.75, 3.05) is 7.11 Å². The summed E-state index contributed by atoms with van der Waals surface area (Å²) >= 11 is 3.15. The minimum absolute atomic E-state index is 0.104. The number of halogens is 2. The third kappa shape index (κ3) is 1.59. The van der Waals surface area contributed by atoms with Crippen LogP contribution >= 0.6 is 15.9 Å². The van der Waals surface area contributed by atoms with Gasteiger partial charge >= 0.3 is 0 Å². The van der Waals surface area contributed by atoms with Gasteiger partial charge in [0.2, 0.25) is 0 Å². The summed E-state index contributed by atoms with van der Waals surface area (Å²) in [7, 11) is 1.37. The molecule has 1 aliphatic carbocycles. The lowest BCUT2D eigenvalue weighted by atomic mass is 10.0. The van der Waals surface area contributed by atoms with E-state index in [1.54, 1.807) is 0 Å². The Morgan fingerprint density at radius 1 is 1.60 bits per heavy atom. The van der Waals surface area contributed by atoms with Crippen molar-refractivity contribution in [3.05, 3.63) is 21.9 Å². The topological polar surface area (TPSA) is 55.5 Å². The van der Waals surface area contributed by atoms with E-state index in [0.29, 0.717) is 10.0 Å². The largest absolute Gasteiger partial charge is 0.503 e. The number of aromatic hydroxyl groups is 1. The molecule has 2 rings (SSSR count). The molecule has 1 saturated carbocycles. The van der Waals surface area contributed by atoms with Gasteiger partial charge in [0.1, 0.15) is 5.82 Å². The van der Waals surface area contributed by atoms with Gasteiger partial charge in [0.05, 0.1) is 11.6 Å². The highest BCUT2D eigenvalue weighted by molar-refractivity contribution is 9.10. The summed E-state index contributed by atoms with van der Waals surface area (Å²) in [5.41, 5.74) is 5.61. The second kappa shape index (κ2) is 3.35. The van der Waals surface area contributed by atoms with Crippen LogP contribution in [0.15, 0.2) is 10.5 Å². The van der Waals surface area contributed by atoms with Gasteiger partial charge in [0, 0.05) is 17.2 Å². The first-order valence-electron chi connectivity index (χ1n) is 4.54. The predicted molar refractivity (Wildman–Crippen MR) is 57.4 cm³/mol. The van der Waals surface area contributed by atoms with Crippen molar-refractivity contribution in [2.24, 2.45) is 5.73 Å². The number of hydrogen-bond acceptors (Lipinski definition) is 3. The van der Waals surface area contributed by atoms with Gasteiger partial charge in [-0.1, -0.05) is 0 Å². The van der Waals surface area contributed by atoms with Gasteiger partial charge in [-0.05, 0) is 28.8 Å². The van der Waals surface area contributed by atoms with E-state index in [1.807, 2.05) is 0 Å². The maximum absolute atomic E-state index is 13.7. The molecular weight excluding hydrogens is 265 g/mol. The number of ether oxygens (including phenoxy) is 1. The van der Waals surface area contributed by atoms with Crippen LogP contribution in [0.3, 0.4) is 0 Å². The Labute approximate surface area is 95.2 Å². The first-order chi connectivity index (χ1) is 6.99. The summed E-state index contributed by atoms with van der Waals surface area (Å²) < 4.78 is 18.8. The van der Waals surface area contributed by atoms with Gasteiger partial charge in [-0.25, -0.2) is 4.39 Å². The molecule has 3 nitrogen and oxygen atoms in total. The zero-order chi connectivity index (χ0) is 11.2. The normalized spacial score (nSPS) is 17.6. The monoisotopic (exact) mass is 275 g/mol. The summed E-state index contributed by atoms with van der Waals surface area (Å²) in [5, 5.41) is 9.70. The summed E-state index contributed by atoms with van der Waals surface area (Å²) in [6.07, 6.45) is 1.46. The van der Waals surface area contributed by atoms with E-state index in [1.165, 1.54) is 7.11 Å². The van der Waals surface area contributed by atoms with Crippen LogP contribution in [0.1, 0.15) is 18.4 Å². The highest BCUT2D eigenvalue weighted by Crippen LogP contribution is 2.50. The quantitative estimate of drug-likeness (QED) is 0.871. The van der Waals surface area contributed by atoms with E-state index >= 15 is 0 Å². The predicted octanol–water partition coefficient (Wildman–Crippen LogP) is 2.25. The molecule has 0 atom stereocenters. The van der Waals surface area contributed by atoms with Gasteiger partial charge in [-0.3, -0.25) is 0 Å². The molecule has 5 heteroatoms. The van der Waals surface area contributed by atoms with E-state index in [-0.39, 0.29) is 11.5 Å². The first-order valence-corrected chi connectivity index (χ1v) is 5.33. The fourth-order valence-corrected chi connectivity index (χ4v) is 2.36. The highest BCUT2D eigenvalue weighted by Gasteiger charge is 2.44. The Balaban J connectivity index is 2.61. The lowest BCUT2D eigenvalue weighted by Crippen LogP contribution is -2.21. The van der Waals surface area contributed by atoms with Crippen LogP contribution in [0.4, 0.5) is 4.39 Å². The lowest BCUT2D eigenvalue weighted by molar-refractivity contribution is 0.366. The molecule has 1 aromatic rings. The molecule has 0 heterocycles. The van der Waals surface area contributed by atoms with Gasteiger partial charge in [-0.15, -0.1) is 0 Å². The third-order valence-electron chi connectivity index (χ3n) is 2.66. The van der Waals surface area contributed by atoms with Crippen molar-refractivity contribution in [2.45, 2.75) is 18.4 Å². The van der Waals surface area contributed by atoms with Crippen LogP contribution in [-0.2, 0) is 5.54 Å². The highest BCUT2D eigenvalue weighted by atomic mass is 79.9. The Bertz CT molecular complexity index is 418. The van der Waals surface area contributed by atoms with Crippen molar-refractivity contribution in [3.63, 3.8) is 0 Å². The Hall–Kier alpha value is -0.810. The molecule has 1 fully saturated rings. The van der Waals surface area contributed by atoms with Crippen LogP contribution in [-0.4, -0.2) is 12.2 Å². The molecule has 0 radical (unpaired) electrons. The fraction of sp³-hybridized carbons (Fsp3) is 0.400. The summed E-state index contributed by atoms with van der Waals surface area (Å²) in [6.45, 7) is 0. The number of phenols is 1. The van der Waals surface area contributed by atoms with Crippen LogP contribution in [0, 0.1) is 5.82 Å². The molecular formula is C10H11BrFNO2. The lowest BCUT2D eigenvalue weighted by Gasteiger charge is -2.15. The number of nitrogens with two attached hydrogens (primary N) is 1. The second-order valence-electron chi connectivity index (χ2n) is 3.75. The van der Waals surface area contributed by atoms with Crippen molar-refractivity contribution in [3.8, 4) is 11.5 Å². The minimum atomic E-state index is -0.632. The molecule has 0 bridgehead atoms. The number of hydrogen-bond donors (Lipinski definition) is 2. The van der Waals surface area contributed by atoms with Crippen LogP contribution in [0.2, 0.25) is 0 Å². The number of benzene rings is 1. The van der Waals surface area contributed by atoms with E-state index in [2.05, 4.69) is 15.9 Å². The smallest absolute Gasteiger partial charge is 0.172 e. The van der Waals surface area contributed by atoms with Crippen molar-refractivity contribution >= 4 is 15.9 Å². The maximum Gasteiger partial charge on any atom is 0.172 e. The van der Waals surface area contributed by atoms with E-state index in [4.69, 9.17) is 10.5 Å². The molecule has 0 unspecified atom stereocenters. The summed E-state index contributed by atoms with van der Waals surface area (Å²) in [5.74, 6) is -0.450. The number of methoxy groups -OCH3 is 1. The number of rotatable bonds is 2. The van der Waals surface area contributed by atoms with Crippen molar-refractivity contribution in [1.82, 2.24) is 0 Å². The molecule has 0 aliphatic heterocycles. The first kappa shape index (κ1) is 10.7. The van der Waals surface area contributed by atoms with Crippen molar-refractivity contribution < 1.29 is 14.2 Å². The summed E-state index contributed by atoms with van der Waals surface area (Å²) in [4.78, 5) is 0. The van der Waals surface area contributed by atoms with E-state index in [0.717, 1.165) is 18.9 Å². The average molecular weight is 276 g/mol.